The lowest BCUT2D eigenvalue weighted by atomic mass is 10.1. The van der Waals surface area contributed by atoms with Gasteiger partial charge in [-0.15, -0.1) is 0 Å². The number of aryl methyl sites for hydroxylation is 1. The van der Waals surface area contributed by atoms with Crippen LogP contribution in [0.5, 0.6) is 5.75 Å². The van der Waals surface area contributed by atoms with E-state index in [9.17, 15) is 14.0 Å². The minimum Gasteiger partial charge on any atom is -0.463 e. The van der Waals surface area contributed by atoms with Crippen molar-refractivity contribution < 1.29 is 18.7 Å². The fourth-order valence-corrected chi connectivity index (χ4v) is 2.56. The Morgan fingerprint density at radius 2 is 2.00 bits per heavy atom. The molecule has 0 spiro atoms. The number of hydrogen-bond acceptors (Lipinski definition) is 5. The molecule has 0 aliphatic rings. The number of nitrogens with one attached hydrogen (secondary N) is 1. The Balaban J connectivity index is 2.10. The minimum atomic E-state index is -0.932. The summed E-state index contributed by atoms with van der Waals surface area (Å²) in [4.78, 5) is 24.2. The van der Waals surface area contributed by atoms with E-state index in [1.807, 2.05) is 0 Å². The number of aromatic nitrogens is 3. The maximum atomic E-state index is 12.6. The predicted molar refractivity (Wildman–Crippen MR) is 96.9 cm³/mol. The summed E-state index contributed by atoms with van der Waals surface area (Å²) in [6.45, 7) is -0.932. The van der Waals surface area contributed by atoms with E-state index in [-0.39, 0.29) is 5.56 Å². The molecule has 1 N–H and O–H groups in total. The summed E-state index contributed by atoms with van der Waals surface area (Å²) in [5, 5.41) is 6.66. The Bertz CT molecular complexity index is 1010. The first-order valence-electron chi connectivity index (χ1n) is 7.91. The lowest BCUT2D eigenvalue weighted by Crippen LogP contribution is -2.20. The molecule has 0 aliphatic carbocycles. The quantitative estimate of drug-likeness (QED) is 0.744. The van der Waals surface area contributed by atoms with E-state index >= 15 is 0 Å². The van der Waals surface area contributed by atoms with Gasteiger partial charge in [-0.05, 0) is 24.3 Å². The van der Waals surface area contributed by atoms with Gasteiger partial charge >= 0.3 is 6.09 Å². The Hall–Kier alpha value is -3.62. The van der Waals surface area contributed by atoms with Crippen molar-refractivity contribution in [3.05, 3.63) is 59.3 Å². The van der Waals surface area contributed by atoms with Crippen LogP contribution in [-0.4, -0.2) is 34.4 Å². The van der Waals surface area contributed by atoms with Crippen LogP contribution in [0.25, 0.3) is 16.8 Å². The molecule has 3 aromatic rings. The van der Waals surface area contributed by atoms with E-state index in [2.05, 4.69) is 15.2 Å². The van der Waals surface area contributed by atoms with E-state index in [0.717, 1.165) is 0 Å². The van der Waals surface area contributed by atoms with Crippen molar-refractivity contribution in [1.82, 2.24) is 14.3 Å². The molecule has 0 saturated carbocycles. The molecule has 27 heavy (non-hydrogen) atoms. The van der Waals surface area contributed by atoms with Crippen molar-refractivity contribution in [1.29, 1.82) is 0 Å². The van der Waals surface area contributed by atoms with Crippen molar-refractivity contribution in [2.45, 2.75) is 0 Å². The van der Waals surface area contributed by atoms with Crippen molar-refractivity contribution in [3.8, 4) is 22.6 Å². The second kappa shape index (κ2) is 7.73. The van der Waals surface area contributed by atoms with Crippen LogP contribution in [0.3, 0.4) is 0 Å². The first-order valence-corrected chi connectivity index (χ1v) is 7.91. The standard InChI is InChI=1S/C18H17FN4O4/c1-22-9-12(8-20-22)15-10-23(13-3-5-14(6-4-13)27-11-19)17(24)7-16(15)21-18(25)26-2/h3-10H,11H2,1-2H3,(H,21,25). The second-order valence-corrected chi connectivity index (χ2v) is 5.58. The predicted octanol–water partition coefficient (Wildman–Crippen LogP) is 2.72. The van der Waals surface area contributed by atoms with Gasteiger partial charge in [0.15, 0.2) is 0 Å². The van der Waals surface area contributed by atoms with Gasteiger partial charge in [-0.1, -0.05) is 0 Å². The van der Waals surface area contributed by atoms with Crippen LogP contribution in [0.15, 0.2) is 53.7 Å². The van der Waals surface area contributed by atoms with E-state index < -0.39 is 13.0 Å². The Morgan fingerprint density at radius 3 is 2.59 bits per heavy atom. The van der Waals surface area contributed by atoms with E-state index in [4.69, 9.17) is 4.74 Å². The molecule has 0 fully saturated rings. The molecule has 2 aromatic heterocycles. The van der Waals surface area contributed by atoms with Crippen molar-refractivity contribution >= 4 is 11.8 Å². The molecule has 0 bridgehead atoms. The number of alkyl halides is 1. The highest BCUT2D eigenvalue weighted by Gasteiger charge is 2.14. The van der Waals surface area contributed by atoms with Gasteiger partial charge in [0.25, 0.3) is 5.56 Å². The second-order valence-electron chi connectivity index (χ2n) is 5.58. The zero-order chi connectivity index (χ0) is 19.4. The van der Waals surface area contributed by atoms with Gasteiger partial charge in [0.2, 0.25) is 6.86 Å². The Kier molecular flexibility index (Phi) is 5.20. The molecule has 0 aliphatic heterocycles. The van der Waals surface area contributed by atoms with Gasteiger partial charge in [-0.2, -0.15) is 5.10 Å². The minimum absolute atomic E-state index is 0.300. The zero-order valence-corrected chi connectivity index (χ0v) is 14.7. The number of ether oxygens (including phenoxy) is 2. The van der Waals surface area contributed by atoms with Crippen LogP contribution in [0.4, 0.5) is 14.9 Å². The number of halogens is 1. The monoisotopic (exact) mass is 372 g/mol. The number of anilines is 1. The van der Waals surface area contributed by atoms with Crippen molar-refractivity contribution in [2.24, 2.45) is 7.05 Å². The number of benzene rings is 1. The number of carbonyl (C=O) groups is 1. The molecular weight excluding hydrogens is 355 g/mol. The summed E-state index contributed by atoms with van der Waals surface area (Å²) < 4.78 is 24.7. The molecule has 0 atom stereocenters. The van der Waals surface area contributed by atoms with Gasteiger partial charge in [0.05, 0.1) is 19.0 Å². The van der Waals surface area contributed by atoms with Gasteiger partial charge in [0.1, 0.15) is 5.75 Å². The third-order valence-electron chi connectivity index (χ3n) is 3.83. The van der Waals surface area contributed by atoms with Gasteiger partial charge in [0, 0.05) is 42.3 Å². The number of hydrogen-bond donors (Lipinski definition) is 1. The third kappa shape index (κ3) is 3.97. The lowest BCUT2D eigenvalue weighted by Gasteiger charge is -2.13. The molecular formula is C18H17FN4O4. The van der Waals surface area contributed by atoms with Crippen LogP contribution < -0.4 is 15.6 Å². The molecule has 2 heterocycles. The zero-order valence-electron chi connectivity index (χ0n) is 14.7. The van der Waals surface area contributed by atoms with Crippen molar-refractivity contribution in [3.63, 3.8) is 0 Å². The highest BCUT2D eigenvalue weighted by Crippen LogP contribution is 2.27. The SMILES string of the molecule is COC(=O)Nc1cc(=O)n(-c2ccc(OCF)cc2)cc1-c1cnn(C)c1. The lowest BCUT2D eigenvalue weighted by molar-refractivity contribution is 0.187. The number of rotatable bonds is 5. The molecule has 0 unspecified atom stereocenters. The van der Waals surface area contributed by atoms with Crippen LogP contribution in [-0.2, 0) is 11.8 Å². The molecule has 8 nitrogen and oxygen atoms in total. The molecule has 9 heteroatoms. The normalized spacial score (nSPS) is 10.5. The van der Waals surface area contributed by atoms with E-state index in [1.165, 1.54) is 17.7 Å². The molecule has 1 aromatic carbocycles. The Morgan fingerprint density at radius 1 is 1.26 bits per heavy atom. The summed E-state index contributed by atoms with van der Waals surface area (Å²) in [5.41, 5.74) is 1.77. The molecule has 3 rings (SSSR count). The smallest absolute Gasteiger partial charge is 0.411 e. The molecule has 140 valence electrons. The van der Waals surface area contributed by atoms with Crippen LogP contribution in [0.1, 0.15) is 0 Å². The maximum Gasteiger partial charge on any atom is 0.411 e. The van der Waals surface area contributed by atoms with Gasteiger partial charge in [-0.3, -0.25) is 19.4 Å². The number of amides is 1. The largest absolute Gasteiger partial charge is 0.463 e. The fourth-order valence-electron chi connectivity index (χ4n) is 2.56. The van der Waals surface area contributed by atoms with Crippen LogP contribution in [0.2, 0.25) is 0 Å². The summed E-state index contributed by atoms with van der Waals surface area (Å²) in [6, 6.07) is 7.68. The van der Waals surface area contributed by atoms with E-state index in [1.54, 1.807) is 54.6 Å². The number of methoxy groups -OCH3 is 1. The van der Waals surface area contributed by atoms with Gasteiger partial charge < -0.3 is 9.47 Å². The number of pyridine rings is 1. The first kappa shape index (κ1) is 18.2. The average molecular weight is 372 g/mol. The van der Waals surface area contributed by atoms with Gasteiger partial charge in [-0.25, -0.2) is 9.18 Å². The first-order chi connectivity index (χ1) is 13.0. The average Bonchev–Trinajstić information content (AvgIpc) is 3.09. The Labute approximate surface area is 153 Å². The summed E-state index contributed by atoms with van der Waals surface area (Å²) >= 11 is 0. The van der Waals surface area contributed by atoms with Crippen LogP contribution >= 0.6 is 0 Å². The highest BCUT2D eigenvalue weighted by molar-refractivity contribution is 5.91. The molecule has 1 amide bonds. The van der Waals surface area contributed by atoms with E-state index in [0.29, 0.717) is 28.3 Å². The maximum absolute atomic E-state index is 12.6. The molecule has 0 saturated heterocycles. The highest BCUT2D eigenvalue weighted by atomic mass is 19.1. The summed E-state index contributed by atoms with van der Waals surface area (Å²) in [7, 11) is 3.00. The van der Waals surface area contributed by atoms with Crippen LogP contribution in [0, 0.1) is 0 Å². The number of carbonyl (C=O) groups excluding carboxylic acids is 1. The third-order valence-corrected chi connectivity index (χ3v) is 3.83. The molecule has 0 radical (unpaired) electrons. The topological polar surface area (TPSA) is 87.4 Å². The summed E-state index contributed by atoms with van der Waals surface area (Å²) in [6.07, 6.45) is 4.27. The number of nitrogens with zero attached hydrogens (tertiary/aromatic N) is 3. The summed E-state index contributed by atoms with van der Waals surface area (Å²) in [5.74, 6) is 0.353. The fraction of sp³-hybridized carbons (Fsp3) is 0.167. The van der Waals surface area contributed by atoms with Crippen molar-refractivity contribution in [2.75, 3.05) is 19.3 Å².